The van der Waals surface area contributed by atoms with Gasteiger partial charge in [0.25, 0.3) is 0 Å². The maximum Gasteiger partial charge on any atom is 0.220 e. The predicted molar refractivity (Wildman–Crippen MR) is 55.4 cm³/mol. The van der Waals surface area contributed by atoms with Gasteiger partial charge in [-0.05, 0) is 6.42 Å². The average molecular weight is 222 g/mol. The lowest BCUT2D eigenvalue weighted by Crippen LogP contribution is -2.33. The molecular weight excluding hydrogens is 204 g/mol. The summed E-state index contributed by atoms with van der Waals surface area (Å²) in [6.07, 6.45) is 1.22. The van der Waals surface area contributed by atoms with Crippen molar-refractivity contribution in [3.8, 4) is 0 Å². The Labute approximate surface area is 85.5 Å². The van der Waals surface area contributed by atoms with Crippen molar-refractivity contribution < 1.29 is 13.2 Å². The second-order valence-electron chi connectivity index (χ2n) is 3.20. The first kappa shape index (κ1) is 13.4. The maximum absolute atomic E-state index is 11.2. The van der Waals surface area contributed by atoms with E-state index in [0.29, 0.717) is 6.42 Å². The molecule has 0 spiro atoms. The highest BCUT2D eigenvalue weighted by molar-refractivity contribution is 7.89. The first-order chi connectivity index (χ1) is 6.40. The summed E-state index contributed by atoms with van der Waals surface area (Å²) in [5, 5.41) is 2.55. The Morgan fingerprint density at radius 2 is 1.93 bits per heavy atom. The van der Waals surface area contributed by atoms with Crippen molar-refractivity contribution in [2.24, 2.45) is 0 Å². The highest BCUT2D eigenvalue weighted by Crippen LogP contribution is 1.92. The number of nitrogens with one attached hydrogen (secondary N) is 1. The summed E-state index contributed by atoms with van der Waals surface area (Å²) in [6, 6.07) is 0. The normalized spacial score (nSPS) is 11.7. The topological polar surface area (TPSA) is 66.5 Å². The first-order valence-corrected chi connectivity index (χ1v) is 6.18. The molecule has 5 nitrogen and oxygen atoms in total. The first-order valence-electron chi connectivity index (χ1n) is 4.57. The Morgan fingerprint density at radius 3 is 2.36 bits per heavy atom. The minimum atomic E-state index is -3.19. The molecule has 0 heterocycles. The molecule has 0 aliphatic carbocycles. The Kier molecular flexibility index (Phi) is 5.71. The smallest absolute Gasteiger partial charge is 0.220 e. The van der Waals surface area contributed by atoms with E-state index in [4.69, 9.17) is 0 Å². The summed E-state index contributed by atoms with van der Waals surface area (Å²) in [7, 11) is -0.239. The zero-order chi connectivity index (χ0) is 11.2. The molecule has 1 N–H and O–H groups in total. The molecule has 0 aromatic carbocycles. The maximum atomic E-state index is 11.2. The molecule has 0 fully saturated rings. The van der Waals surface area contributed by atoms with Gasteiger partial charge in [0, 0.05) is 27.1 Å². The van der Waals surface area contributed by atoms with Gasteiger partial charge in [-0.25, -0.2) is 12.7 Å². The predicted octanol–water partition coefficient (Wildman–Crippen LogP) is -0.206. The third-order valence-electron chi connectivity index (χ3n) is 1.72. The van der Waals surface area contributed by atoms with Crippen LogP contribution in [0, 0.1) is 0 Å². The minimum absolute atomic E-state index is 0.0462. The third kappa shape index (κ3) is 5.18. The quantitative estimate of drug-likeness (QED) is 0.676. The van der Waals surface area contributed by atoms with E-state index in [1.165, 1.54) is 14.1 Å². The highest BCUT2D eigenvalue weighted by atomic mass is 32.2. The molecule has 0 aliphatic rings. The van der Waals surface area contributed by atoms with E-state index in [2.05, 4.69) is 5.32 Å². The van der Waals surface area contributed by atoms with Crippen LogP contribution in [-0.4, -0.2) is 45.0 Å². The second kappa shape index (κ2) is 5.98. The summed E-state index contributed by atoms with van der Waals surface area (Å²) < 4.78 is 23.6. The number of sulfonamides is 1. The lowest BCUT2D eigenvalue weighted by atomic mass is 10.3. The fourth-order valence-electron chi connectivity index (χ4n) is 0.817. The SMILES string of the molecule is CCCC(=O)NCCS(=O)(=O)N(C)C. The van der Waals surface area contributed by atoms with Crippen molar-refractivity contribution in [1.29, 1.82) is 0 Å². The lowest BCUT2D eigenvalue weighted by molar-refractivity contribution is -0.120. The molecule has 0 aromatic heterocycles. The number of amides is 1. The van der Waals surface area contributed by atoms with E-state index in [1.54, 1.807) is 0 Å². The Bertz CT molecular complexity index is 272. The van der Waals surface area contributed by atoms with Crippen LogP contribution in [0.5, 0.6) is 0 Å². The van der Waals surface area contributed by atoms with Crippen LogP contribution in [0.4, 0.5) is 0 Å². The third-order valence-corrected chi connectivity index (χ3v) is 3.55. The van der Waals surface area contributed by atoms with E-state index in [-0.39, 0.29) is 18.2 Å². The summed E-state index contributed by atoms with van der Waals surface area (Å²) in [6.45, 7) is 2.08. The molecule has 0 atom stereocenters. The van der Waals surface area contributed by atoms with Gasteiger partial charge in [-0.15, -0.1) is 0 Å². The largest absolute Gasteiger partial charge is 0.355 e. The van der Waals surface area contributed by atoms with E-state index in [9.17, 15) is 13.2 Å². The van der Waals surface area contributed by atoms with Crippen LogP contribution in [0.3, 0.4) is 0 Å². The van der Waals surface area contributed by atoms with E-state index in [0.717, 1.165) is 10.7 Å². The molecule has 0 aliphatic heterocycles. The van der Waals surface area contributed by atoms with Crippen molar-refractivity contribution in [3.63, 3.8) is 0 Å². The van der Waals surface area contributed by atoms with Gasteiger partial charge in [-0.3, -0.25) is 4.79 Å². The van der Waals surface area contributed by atoms with Crippen molar-refractivity contribution in [1.82, 2.24) is 9.62 Å². The van der Waals surface area contributed by atoms with E-state index >= 15 is 0 Å². The van der Waals surface area contributed by atoms with Crippen LogP contribution in [0.15, 0.2) is 0 Å². The van der Waals surface area contributed by atoms with Gasteiger partial charge in [-0.1, -0.05) is 6.92 Å². The molecule has 0 bridgehead atoms. The molecule has 0 rings (SSSR count). The van der Waals surface area contributed by atoms with Gasteiger partial charge in [-0.2, -0.15) is 0 Å². The summed E-state index contributed by atoms with van der Waals surface area (Å²) in [5.74, 6) is -0.142. The van der Waals surface area contributed by atoms with Gasteiger partial charge >= 0.3 is 0 Å². The van der Waals surface area contributed by atoms with Gasteiger partial charge in [0.2, 0.25) is 15.9 Å². The van der Waals surface area contributed by atoms with Crippen molar-refractivity contribution in [3.05, 3.63) is 0 Å². The van der Waals surface area contributed by atoms with Gasteiger partial charge in [0.1, 0.15) is 0 Å². The van der Waals surface area contributed by atoms with Crippen molar-refractivity contribution >= 4 is 15.9 Å². The fraction of sp³-hybridized carbons (Fsp3) is 0.875. The van der Waals surface area contributed by atoms with Gasteiger partial charge in [0.05, 0.1) is 5.75 Å². The summed E-state index contributed by atoms with van der Waals surface area (Å²) in [4.78, 5) is 11.0. The van der Waals surface area contributed by atoms with Crippen molar-refractivity contribution in [2.45, 2.75) is 19.8 Å². The van der Waals surface area contributed by atoms with Crippen molar-refractivity contribution in [2.75, 3.05) is 26.4 Å². The standard InChI is InChI=1S/C8H18N2O3S/c1-4-5-8(11)9-6-7-14(12,13)10(2)3/h4-7H2,1-3H3,(H,9,11). The molecule has 84 valence electrons. The number of rotatable bonds is 6. The lowest BCUT2D eigenvalue weighted by Gasteiger charge is -2.11. The van der Waals surface area contributed by atoms with Gasteiger partial charge in [0.15, 0.2) is 0 Å². The molecule has 0 aromatic rings. The van der Waals surface area contributed by atoms with Crippen LogP contribution in [0.25, 0.3) is 0 Å². The highest BCUT2D eigenvalue weighted by Gasteiger charge is 2.13. The zero-order valence-electron chi connectivity index (χ0n) is 8.91. The van der Waals surface area contributed by atoms with Crippen LogP contribution in [-0.2, 0) is 14.8 Å². The average Bonchev–Trinajstić information content (AvgIpc) is 2.04. The number of hydrogen-bond donors (Lipinski definition) is 1. The van der Waals surface area contributed by atoms with Crippen LogP contribution >= 0.6 is 0 Å². The van der Waals surface area contributed by atoms with E-state index in [1.807, 2.05) is 6.92 Å². The zero-order valence-corrected chi connectivity index (χ0v) is 9.73. The number of nitrogens with zero attached hydrogens (tertiary/aromatic N) is 1. The summed E-state index contributed by atoms with van der Waals surface area (Å²) >= 11 is 0. The molecule has 0 unspecified atom stereocenters. The van der Waals surface area contributed by atoms with Crippen LogP contribution < -0.4 is 5.32 Å². The molecule has 0 radical (unpaired) electrons. The van der Waals surface area contributed by atoms with Crippen LogP contribution in [0.1, 0.15) is 19.8 Å². The Balaban J connectivity index is 3.80. The molecular formula is C8H18N2O3S. The molecule has 6 heteroatoms. The minimum Gasteiger partial charge on any atom is -0.355 e. The molecule has 0 saturated heterocycles. The van der Waals surface area contributed by atoms with E-state index < -0.39 is 10.0 Å². The fourth-order valence-corrected chi connectivity index (χ4v) is 1.54. The summed E-state index contributed by atoms with van der Waals surface area (Å²) in [5.41, 5.74) is 0. The van der Waals surface area contributed by atoms with Crippen LogP contribution in [0.2, 0.25) is 0 Å². The number of carbonyl (C=O) groups is 1. The molecule has 14 heavy (non-hydrogen) atoms. The molecule has 0 saturated carbocycles. The Morgan fingerprint density at radius 1 is 1.36 bits per heavy atom. The number of hydrogen-bond acceptors (Lipinski definition) is 3. The monoisotopic (exact) mass is 222 g/mol. The Hall–Kier alpha value is -0.620. The molecule has 1 amide bonds. The number of carbonyl (C=O) groups excluding carboxylic acids is 1. The second-order valence-corrected chi connectivity index (χ2v) is 5.50. The van der Waals surface area contributed by atoms with Gasteiger partial charge < -0.3 is 5.32 Å².